The molecule has 0 atom stereocenters. The molecule has 162 valence electrons. The molecule has 0 bridgehead atoms. The number of hydrogen-bond acceptors (Lipinski definition) is 7. The number of anilines is 1. The summed E-state index contributed by atoms with van der Waals surface area (Å²) in [6.07, 6.45) is 2.45. The summed E-state index contributed by atoms with van der Waals surface area (Å²) in [7, 11) is 3.03. The van der Waals surface area contributed by atoms with E-state index in [0.29, 0.717) is 54.2 Å². The number of rotatable bonds is 9. The quantitative estimate of drug-likeness (QED) is 0.559. The zero-order valence-electron chi connectivity index (χ0n) is 17.7. The Kier molecular flexibility index (Phi) is 6.87. The van der Waals surface area contributed by atoms with Crippen LogP contribution in [0.4, 0.5) is 5.82 Å². The molecule has 0 unspecified atom stereocenters. The van der Waals surface area contributed by atoms with E-state index in [2.05, 4.69) is 21.5 Å². The first-order valence-electron chi connectivity index (χ1n) is 9.79. The summed E-state index contributed by atoms with van der Waals surface area (Å²) < 4.78 is 13.6. The molecular weight excluding hydrogens is 400 g/mol. The average molecular weight is 424 g/mol. The molecule has 0 radical (unpaired) electrons. The van der Waals surface area contributed by atoms with E-state index in [9.17, 15) is 9.59 Å². The molecule has 0 aliphatic heterocycles. The van der Waals surface area contributed by atoms with E-state index in [1.165, 1.54) is 25.1 Å². The van der Waals surface area contributed by atoms with Gasteiger partial charge in [0.2, 0.25) is 5.91 Å². The molecule has 0 saturated heterocycles. The number of carbonyl (C=O) groups is 1. The summed E-state index contributed by atoms with van der Waals surface area (Å²) in [6.45, 7) is 2.57. The van der Waals surface area contributed by atoms with E-state index in [1.54, 1.807) is 22.9 Å². The van der Waals surface area contributed by atoms with Crippen molar-refractivity contribution in [2.24, 2.45) is 0 Å². The Morgan fingerprint density at radius 2 is 1.94 bits per heavy atom. The SMILES string of the molecule is COc1cc2ncn(CCCC(=O)Nc3cc(C)nn3CCC#N)c(=O)c2cc1OC. The van der Waals surface area contributed by atoms with Gasteiger partial charge < -0.3 is 14.8 Å². The number of ether oxygens (including phenoxy) is 2. The molecule has 10 nitrogen and oxygen atoms in total. The third kappa shape index (κ3) is 5.01. The Morgan fingerprint density at radius 1 is 1.19 bits per heavy atom. The highest BCUT2D eigenvalue weighted by molar-refractivity contribution is 5.89. The Morgan fingerprint density at radius 3 is 2.65 bits per heavy atom. The van der Waals surface area contributed by atoms with E-state index in [4.69, 9.17) is 14.7 Å². The van der Waals surface area contributed by atoms with E-state index in [0.717, 1.165) is 5.69 Å². The predicted molar refractivity (Wildman–Crippen MR) is 114 cm³/mol. The molecule has 0 saturated carbocycles. The zero-order chi connectivity index (χ0) is 22.4. The van der Waals surface area contributed by atoms with E-state index in [-0.39, 0.29) is 17.9 Å². The Labute approximate surface area is 179 Å². The number of aromatic nitrogens is 4. The number of fused-ring (bicyclic) bond motifs is 1. The van der Waals surface area contributed by atoms with Gasteiger partial charge in [0, 0.05) is 25.1 Å². The molecular formula is C21H24N6O4. The van der Waals surface area contributed by atoms with Crippen molar-refractivity contribution >= 4 is 22.6 Å². The third-order valence-corrected chi connectivity index (χ3v) is 4.74. The van der Waals surface area contributed by atoms with E-state index < -0.39 is 0 Å². The molecule has 1 amide bonds. The predicted octanol–water partition coefficient (Wildman–Crippen LogP) is 2.25. The van der Waals surface area contributed by atoms with Crippen LogP contribution in [0, 0.1) is 18.3 Å². The first kappa shape index (κ1) is 21.8. The third-order valence-electron chi connectivity index (χ3n) is 4.74. The molecule has 0 fully saturated rings. The van der Waals surface area contributed by atoms with Crippen molar-refractivity contribution < 1.29 is 14.3 Å². The van der Waals surface area contributed by atoms with Gasteiger partial charge in [0.05, 0.1) is 56.2 Å². The van der Waals surface area contributed by atoms with Gasteiger partial charge in [0.15, 0.2) is 11.5 Å². The topological polar surface area (TPSA) is 124 Å². The van der Waals surface area contributed by atoms with Crippen LogP contribution in [0.3, 0.4) is 0 Å². The fourth-order valence-electron chi connectivity index (χ4n) is 3.23. The maximum atomic E-state index is 12.8. The number of nitrogens with one attached hydrogen (secondary N) is 1. The lowest BCUT2D eigenvalue weighted by Gasteiger charge is -2.11. The molecule has 0 spiro atoms. The van der Waals surface area contributed by atoms with Gasteiger partial charge >= 0.3 is 0 Å². The van der Waals surface area contributed by atoms with Gasteiger partial charge in [-0.05, 0) is 19.4 Å². The van der Waals surface area contributed by atoms with Crippen molar-refractivity contribution in [2.75, 3.05) is 19.5 Å². The van der Waals surface area contributed by atoms with Gasteiger partial charge in [-0.15, -0.1) is 0 Å². The van der Waals surface area contributed by atoms with Crippen LogP contribution in [0.15, 0.2) is 29.3 Å². The second kappa shape index (κ2) is 9.75. The number of methoxy groups -OCH3 is 2. The van der Waals surface area contributed by atoms with Crippen molar-refractivity contribution in [3.05, 3.63) is 40.6 Å². The number of aryl methyl sites for hydroxylation is 3. The standard InChI is InChI=1S/C21H24N6O4/c1-14-10-19(27(25-14)9-5-7-22)24-20(28)6-4-8-26-13-23-16-12-18(31-3)17(30-2)11-15(16)21(26)29/h10-13H,4-6,8-9H2,1-3H3,(H,24,28). The van der Waals surface area contributed by atoms with E-state index >= 15 is 0 Å². The van der Waals surface area contributed by atoms with Crippen LogP contribution < -0.4 is 20.3 Å². The fraction of sp³-hybridized carbons (Fsp3) is 0.381. The van der Waals surface area contributed by atoms with Crippen LogP contribution in [0.5, 0.6) is 11.5 Å². The lowest BCUT2D eigenvalue weighted by molar-refractivity contribution is -0.116. The molecule has 1 aromatic carbocycles. The second-order valence-corrected chi connectivity index (χ2v) is 6.92. The monoisotopic (exact) mass is 424 g/mol. The van der Waals surface area contributed by atoms with Crippen molar-refractivity contribution in [1.29, 1.82) is 5.26 Å². The van der Waals surface area contributed by atoms with Crippen molar-refractivity contribution in [3.8, 4) is 17.6 Å². The second-order valence-electron chi connectivity index (χ2n) is 6.92. The Hall–Kier alpha value is -3.87. The van der Waals surface area contributed by atoms with Crippen LogP contribution in [0.1, 0.15) is 25.0 Å². The first-order valence-corrected chi connectivity index (χ1v) is 9.79. The van der Waals surface area contributed by atoms with Crippen molar-refractivity contribution in [2.45, 2.75) is 39.3 Å². The number of nitrogens with zero attached hydrogens (tertiary/aromatic N) is 5. The Bertz CT molecular complexity index is 1190. The van der Waals surface area contributed by atoms with E-state index in [1.807, 2.05) is 6.92 Å². The van der Waals surface area contributed by atoms with Gasteiger partial charge in [-0.1, -0.05) is 0 Å². The lowest BCUT2D eigenvalue weighted by atomic mass is 10.2. The highest BCUT2D eigenvalue weighted by atomic mass is 16.5. The molecule has 1 N–H and O–H groups in total. The molecule has 10 heteroatoms. The number of amides is 1. The highest BCUT2D eigenvalue weighted by Crippen LogP contribution is 2.29. The number of carbonyl (C=O) groups excluding carboxylic acids is 1. The molecule has 31 heavy (non-hydrogen) atoms. The summed E-state index contributed by atoms with van der Waals surface area (Å²) in [6, 6.07) is 7.09. The Balaban J connectivity index is 1.65. The van der Waals surface area contributed by atoms with Gasteiger partial charge in [-0.25, -0.2) is 9.67 Å². The van der Waals surface area contributed by atoms with Crippen LogP contribution in [-0.4, -0.2) is 39.5 Å². The van der Waals surface area contributed by atoms with Gasteiger partial charge in [-0.2, -0.15) is 10.4 Å². The summed E-state index contributed by atoms with van der Waals surface area (Å²) >= 11 is 0. The average Bonchev–Trinajstić information content (AvgIpc) is 3.11. The van der Waals surface area contributed by atoms with Crippen molar-refractivity contribution in [1.82, 2.24) is 19.3 Å². The highest BCUT2D eigenvalue weighted by Gasteiger charge is 2.12. The number of nitriles is 1. The zero-order valence-corrected chi connectivity index (χ0v) is 17.7. The minimum atomic E-state index is -0.212. The normalized spacial score (nSPS) is 10.6. The fourth-order valence-corrected chi connectivity index (χ4v) is 3.23. The van der Waals surface area contributed by atoms with Crippen LogP contribution in [-0.2, 0) is 17.9 Å². The largest absolute Gasteiger partial charge is 0.493 e. The molecule has 0 aliphatic rings. The number of hydrogen-bond donors (Lipinski definition) is 1. The maximum Gasteiger partial charge on any atom is 0.261 e. The molecule has 3 rings (SSSR count). The van der Waals surface area contributed by atoms with Gasteiger partial charge in [-0.3, -0.25) is 14.2 Å². The maximum absolute atomic E-state index is 12.8. The minimum absolute atomic E-state index is 0.189. The number of benzene rings is 1. The van der Waals surface area contributed by atoms with Crippen LogP contribution in [0.25, 0.3) is 10.9 Å². The van der Waals surface area contributed by atoms with Gasteiger partial charge in [0.25, 0.3) is 5.56 Å². The van der Waals surface area contributed by atoms with Gasteiger partial charge in [0.1, 0.15) is 5.82 Å². The summed E-state index contributed by atoms with van der Waals surface area (Å²) in [5.41, 5.74) is 1.06. The minimum Gasteiger partial charge on any atom is -0.493 e. The van der Waals surface area contributed by atoms with Crippen LogP contribution >= 0.6 is 0 Å². The lowest BCUT2D eigenvalue weighted by Crippen LogP contribution is -2.22. The molecule has 2 aromatic heterocycles. The smallest absolute Gasteiger partial charge is 0.261 e. The van der Waals surface area contributed by atoms with Crippen LogP contribution in [0.2, 0.25) is 0 Å². The summed E-state index contributed by atoms with van der Waals surface area (Å²) in [5, 5.41) is 16.3. The summed E-state index contributed by atoms with van der Waals surface area (Å²) in [4.78, 5) is 29.5. The summed E-state index contributed by atoms with van der Waals surface area (Å²) in [5.74, 6) is 1.32. The van der Waals surface area contributed by atoms with Crippen molar-refractivity contribution in [3.63, 3.8) is 0 Å². The first-order chi connectivity index (χ1) is 15.0. The molecule has 3 aromatic rings. The molecule has 2 heterocycles. The molecule has 0 aliphatic carbocycles.